The molecule has 78 valence electrons. The van der Waals surface area contributed by atoms with Crippen LogP contribution in [-0.2, 0) is 0 Å². The van der Waals surface area contributed by atoms with Gasteiger partial charge in [0.25, 0.3) is 0 Å². The number of halogens is 1. The zero-order valence-corrected chi connectivity index (χ0v) is 10.2. The Kier molecular flexibility index (Phi) is 4.42. The highest BCUT2D eigenvalue weighted by atomic mass is 79.9. The first-order chi connectivity index (χ1) is 6.65. The molecule has 0 heterocycles. The normalized spacial score (nSPS) is 12.6. The van der Waals surface area contributed by atoms with E-state index in [9.17, 15) is 0 Å². The number of ether oxygens (including phenoxy) is 1. The summed E-state index contributed by atoms with van der Waals surface area (Å²) in [4.78, 5) is 0. The van der Waals surface area contributed by atoms with Gasteiger partial charge in [0.15, 0.2) is 0 Å². The van der Waals surface area contributed by atoms with Crippen molar-refractivity contribution in [1.29, 1.82) is 0 Å². The third-order valence-electron chi connectivity index (χ3n) is 1.94. The minimum atomic E-state index is 0.0616. The van der Waals surface area contributed by atoms with E-state index in [2.05, 4.69) is 22.9 Å². The molecule has 0 spiro atoms. The van der Waals surface area contributed by atoms with Crippen molar-refractivity contribution >= 4 is 15.9 Å². The molecule has 1 unspecified atom stereocenters. The Hall–Kier alpha value is -0.540. The molecule has 1 rings (SSSR count). The second-order valence-corrected chi connectivity index (χ2v) is 4.18. The Balaban J connectivity index is 2.79. The fourth-order valence-corrected chi connectivity index (χ4v) is 1.64. The number of nitrogens with two attached hydrogens (primary N) is 1. The fourth-order valence-electron chi connectivity index (χ4n) is 1.13. The molecule has 0 bridgehead atoms. The maximum absolute atomic E-state index is 5.77. The molecule has 14 heavy (non-hydrogen) atoms. The number of hydrogen-bond donors (Lipinski definition) is 1. The molecule has 0 amide bonds. The lowest BCUT2D eigenvalue weighted by Crippen LogP contribution is -2.05. The van der Waals surface area contributed by atoms with Crippen molar-refractivity contribution in [3.8, 4) is 5.75 Å². The summed E-state index contributed by atoms with van der Waals surface area (Å²) in [6.45, 7) is 4.80. The van der Waals surface area contributed by atoms with Crippen LogP contribution >= 0.6 is 15.9 Å². The van der Waals surface area contributed by atoms with Gasteiger partial charge in [-0.2, -0.15) is 0 Å². The standard InChI is InChI=1S/C11H16BrNO/c1-3-6-14-11-5-4-9(8(2)13)7-10(11)12/h4-5,7-8H,3,6,13H2,1-2H3. The topological polar surface area (TPSA) is 35.2 Å². The van der Waals surface area contributed by atoms with Crippen LogP contribution in [0, 0.1) is 0 Å². The van der Waals surface area contributed by atoms with Crippen molar-refractivity contribution in [2.24, 2.45) is 5.73 Å². The van der Waals surface area contributed by atoms with Gasteiger partial charge in [-0.3, -0.25) is 0 Å². The van der Waals surface area contributed by atoms with E-state index in [-0.39, 0.29) is 6.04 Å². The molecule has 2 N–H and O–H groups in total. The number of benzene rings is 1. The lowest BCUT2D eigenvalue weighted by molar-refractivity contribution is 0.315. The predicted molar refractivity (Wildman–Crippen MR) is 62.5 cm³/mol. The summed E-state index contributed by atoms with van der Waals surface area (Å²) in [5.74, 6) is 0.885. The summed E-state index contributed by atoms with van der Waals surface area (Å²) in [7, 11) is 0. The minimum absolute atomic E-state index is 0.0616. The van der Waals surface area contributed by atoms with Crippen LogP contribution in [0.2, 0.25) is 0 Å². The Morgan fingerprint density at radius 3 is 2.71 bits per heavy atom. The highest BCUT2D eigenvalue weighted by molar-refractivity contribution is 9.10. The predicted octanol–water partition coefficient (Wildman–Crippen LogP) is 3.26. The molecular weight excluding hydrogens is 242 g/mol. The zero-order valence-electron chi connectivity index (χ0n) is 8.59. The second-order valence-electron chi connectivity index (χ2n) is 3.33. The SMILES string of the molecule is CCCOc1ccc(C(C)N)cc1Br. The van der Waals surface area contributed by atoms with Crippen LogP contribution in [0.4, 0.5) is 0 Å². The van der Waals surface area contributed by atoms with Crippen LogP contribution in [0.5, 0.6) is 5.75 Å². The molecule has 0 aliphatic heterocycles. The summed E-state index contributed by atoms with van der Waals surface area (Å²) >= 11 is 3.47. The van der Waals surface area contributed by atoms with Gasteiger partial charge in [-0.05, 0) is 47.0 Å². The van der Waals surface area contributed by atoms with E-state index < -0.39 is 0 Å². The van der Waals surface area contributed by atoms with Gasteiger partial charge in [0, 0.05) is 6.04 Å². The first-order valence-electron chi connectivity index (χ1n) is 4.83. The minimum Gasteiger partial charge on any atom is -0.492 e. The third-order valence-corrected chi connectivity index (χ3v) is 2.56. The zero-order chi connectivity index (χ0) is 10.6. The van der Waals surface area contributed by atoms with Crippen molar-refractivity contribution in [3.05, 3.63) is 28.2 Å². The van der Waals surface area contributed by atoms with Gasteiger partial charge in [-0.1, -0.05) is 13.0 Å². The Labute approximate surface area is 93.6 Å². The van der Waals surface area contributed by atoms with Crippen LogP contribution in [0.1, 0.15) is 31.9 Å². The summed E-state index contributed by atoms with van der Waals surface area (Å²) in [5.41, 5.74) is 6.88. The fraction of sp³-hybridized carbons (Fsp3) is 0.455. The lowest BCUT2D eigenvalue weighted by Gasteiger charge is -2.10. The molecule has 1 aromatic rings. The number of rotatable bonds is 4. The molecule has 0 radical (unpaired) electrons. The molecule has 0 aliphatic carbocycles. The van der Waals surface area contributed by atoms with Gasteiger partial charge < -0.3 is 10.5 Å². The quantitative estimate of drug-likeness (QED) is 0.899. The Morgan fingerprint density at radius 2 is 2.21 bits per heavy atom. The largest absolute Gasteiger partial charge is 0.492 e. The number of hydrogen-bond acceptors (Lipinski definition) is 2. The average molecular weight is 258 g/mol. The first-order valence-corrected chi connectivity index (χ1v) is 5.62. The van der Waals surface area contributed by atoms with Crippen LogP contribution in [0.3, 0.4) is 0 Å². The van der Waals surface area contributed by atoms with Gasteiger partial charge >= 0.3 is 0 Å². The average Bonchev–Trinajstić information content (AvgIpc) is 2.15. The maximum atomic E-state index is 5.77. The highest BCUT2D eigenvalue weighted by Crippen LogP contribution is 2.27. The van der Waals surface area contributed by atoms with E-state index >= 15 is 0 Å². The molecule has 0 saturated carbocycles. The molecular formula is C11H16BrNO. The van der Waals surface area contributed by atoms with Gasteiger partial charge in [0.2, 0.25) is 0 Å². The van der Waals surface area contributed by atoms with Crippen molar-refractivity contribution in [2.75, 3.05) is 6.61 Å². The Morgan fingerprint density at radius 1 is 1.50 bits per heavy atom. The van der Waals surface area contributed by atoms with Crippen LogP contribution in [0.25, 0.3) is 0 Å². The summed E-state index contributed by atoms with van der Waals surface area (Å²) in [6.07, 6.45) is 1.02. The van der Waals surface area contributed by atoms with Gasteiger partial charge in [-0.25, -0.2) is 0 Å². The van der Waals surface area contributed by atoms with Crippen LogP contribution < -0.4 is 10.5 Å². The molecule has 1 aromatic carbocycles. The third kappa shape index (κ3) is 3.00. The second kappa shape index (κ2) is 5.37. The van der Waals surface area contributed by atoms with Gasteiger partial charge in [0.05, 0.1) is 11.1 Å². The van der Waals surface area contributed by atoms with E-state index in [1.807, 2.05) is 25.1 Å². The van der Waals surface area contributed by atoms with Crippen molar-refractivity contribution < 1.29 is 4.74 Å². The molecule has 1 atom stereocenters. The lowest BCUT2D eigenvalue weighted by atomic mass is 10.1. The smallest absolute Gasteiger partial charge is 0.133 e. The van der Waals surface area contributed by atoms with E-state index in [0.717, 1.165) is 28.8 Å². The highest BCUT2D eigenvalue weighted by Gasteiger charge is 2.04. The summed E-state index contributed by atoms with van der Waals surface area (Å²) in [5, 5.41) is 0. The Bertz CT molecular complexity index is 299. The molecule has 0 aliphatic rings. The first kappa shape index (κ1) is 11.5. The summed E-state index contributed by atoms with van der Waals surface area (Å²) < 4.78 is 6.51. The molecule has 0 aromatic heterocycles. The van der Waals surface area contributed by atoms with Crippen molar-refractivity contribution in [3.63, 3.8) is 0 Å². The molecule has 0 fully saturated rings. The molecule has 2 nitrogen and oxygen atoms in total. The van der Waals surface area contributed by atoms with Crippen molar-refractivity contribution in [2.45, 2.75) is 26.3 Å². The molecule has 0 saturated heterocycles. The van der Waals surface area contributed by atoms with Crippen LogP contribution in [-0.4, -0.2) is 6.61 Å². The van der Waals surface area contributed by atoms with E-state index in [1.54, 1.807) is 0 Å². The van der Waals surface area contributed by atoms with Gasteiger partial charge in [-0.15, -0.1) is 0 Å². The van der Waals surface area contributed by atoms with E-state index in [4.69, 9.17) is 10.5 Å². The maximum Gasteiger partial charge on any atom is 0.133 e. The van der Waals surface area contributed by atoms with Crippen molar-refractivity contribution in [1.82, 2.24) is 0 Å². The summed E-state index contributed by atoms with van der Waals surface area (Å²) in [6, 6.07) is 6.03. The van der Waals surface area contributed by atoms with E-state index in [1.165, 1.54) is 0 Å². The molecule has 3 heteroatoms. The van der Waals surface area contributed by atoms with Crippen LogP contribution in [0.15, 0.2) is 22.7 Å². The van der Waals surface area contributed by atoms with E-state index in [0.29, 0.717) is 0 Å². The van der Waals surface area contributed by atoms with Gasteiger partial charge in [0.1, 0.15) is 5.75 Å². The monoisotopic (exact) mass is 257 g/mol.